The summed E-state index contributed by atoms with van der Waals surface area (Å²) < 4.78 is 0. The largest absolute Gasteiger partial charge is 0.366 e. The van der Waals surface area contributed by atoms with Crippen LogP contribution >= 0.6 is 0 Å². The number of carbonyl (C=O) groups excluding carboxylic acids is 1. The first-order chi connectivity index (χ1) is 9.63. The molecule has 0 fully saturated rings. The lowest BCUT2D eigenvalue weighted by atomic mass is 9.95. The molecule has 0 aromatic heterocycles. The van der Waals surface area contributed by atoms with E-state index in [1.54, 1.807) is 0 Å². The summed E-state index contributed by atoms with van der Waals surface area (Å²) in [5.41, 5.74) is 7.57. The fraction of sp³-hybridized carbons (Fsp3) is 0.833. The lowest BCUT2D eigenvalue weighted by Crippen LogP contribution is -2.14. The van der Waals surface area contributed by atoms with Crippen molar-refractivity contribution in [1.29, 1.82) is 0 Å². The van der Waals surface area contributed by atoms with E-state index in [1.807, 2.05) is 6.92 Å². The number of unbranched alkanes of at least 4 members (excludes halogenated alkanes) is 8. The zero-order valence-corrected chi connectivity index (χ0v) is 14.0. The monoisotopic (exact) mass is 281 g/mol. The number of allylic oxidation sites excluding steroid dienone is 1. The van der Waals surface area contributed by atoms with Gasteiger partial charge in [0.15, 0.2) is 0 Å². The van der Waals surface area contributed by atoms with Gasteiger partial charge in [0.25, 0.3) is 0 Å². The minimum atomic E-state index is -0.234. The molecule has 20 heavy (non-hydrogen) atoms. The van der Waals surface area contributed by atoms with Crippen molar-refractivity contribution in [2.75, 3.05) is 0 Å². The molecule has 0 saturated heterocycles. The average Bonchev–Trinajstić information content (AvgIpc) is 2.43. The van der Waals surface area contributed by atoms with Crippen LogP contribution in [0.2, 0.25) is 0 Å². The van der Waals surface area contributed by atoms with E-state index in [0.717, 1.165) is 18.4 Å². The third-order valence-electron chi connectivity index (χ3n) is 4.06. The standard InChI is InChI=1S/C18H35NO/c1-4-6-8-10-12-14-17(16(3)18(19)20)15-13-11-9-7-5-2/h4-15H2,1-3H3,(H2,19,20). The topological polar surface area (TPSA) is 43.1 Å². The molecular weight excluding hydrogens is 246 g/mol. The van der Waals surface area contributed by atoms with Gasteiger partial charge in [-0.3, -0.25) is 4.79 Å². The molecule has 0 saturated carbocycles. The van der Waals surface area contributed by atoms with Gasteiger partial charge in [0.2, 0.25) is 5.91 Å². The van der Waals surface area contributed by atoms with E-state index in [0.29, 0.717) is 0 Å². The summed E-state index contributed by atoms with van der Waals surface area (Å²) in [5.74, 6) is -0.234. The van der Waals surface area contributed by atoms with E-state index < -0.39 is 0 Å². The van der Waals surface area contributed by atoms with Crippen molar-refractivity contribution in [3.05, 3.63) is 11.1 Å². The second-order valence-electron chi connectivity index (χ2n) is 5.92. The molecule has 0 atom stereocenters. The predicted molar refractivity (Wildman–Crippen MR) is 88.6 cm³/mol. The highest BCUT2D eigenvalue weighted by molar-refractivity contribution is 5.92. The number of amides is 1. The third kappa shape index (κ3) is 10.1. The highest BCUT2D eigenvalue weighted by atomic mass is 16.1. The number of nitrogens with two attached hydrogens (primary N) is 1. The van der Waals surface area contributed by atoms with Crippen LogP contribution in [0.5, 0.6) is 0 Å². The molecule has 0 aromatic carbocycles. The summed E-state index contributed by atoms with van der Waals surface area (Å²) in [7, 11) is 0. The highest BCUT2D eigenvalue weighted by Crippen LogP contribution is 2.21. The normalized spacial score (nSPS) is 10.6. The van der Waals surface area contributed by atoms with Crippen LogP contribution in [0.15, 0.2) is 11.1 Å². The second kappa shape index (κ2) is 13.2. The van der Waals surface area contributed by atoms with Gasteiger partial charge in [-0.15, -0.1) is 0 Å². The Morgan fingerprint density at radius 3 is 1.50 bits per heavy atom. The predicted octanol–water partition coefficient (Wildman–Crippen LogP) is 5.51. The molecule has 1 amide bonds. The second-order valence-corrected chi connectivity index (χ2v) is 5.92. The molecule has 0 aliphatic heterocycles. The Morgan fingerprint density at radius 1 is 0.750 bits per heavy atom. The Labute approximate surface area is 126 Å². The Morgan fingerprint density at radius 2 is 1.15 bits per heavy atom. The zero-order valence-electron chi connectivity index (χ0n) is 14.0. The van der Waals surface area contributed by atoms with Crippen LogP contribution in [-0.2, 0) is 4.79 Å². The summed E-state index contributed by atoms with van der Waals surface area (Å²) in [6.07, 6.45) is 14.9. The van der Waals surface area contributed by atoms with Gasteiger partial charge in [-0.25, -0.2) is 0 Å². The molecule has 0 spiro atoms. The van der Waals surface area contributed by atoms with Crippen LogP contribution in [0, 0.1) is 0 Å². The van der Waals surface area contributed by atoms with Crippen LogP contribution in [0.25, 0.3) is 0 Å². The van der Waals surface area contributed by atoms with Gasteiger partial charge in [0.1, 0.15) is 0 Å². The first-order valence-electron chi connectivity index (χ1n) is 8.61. The molecule has 2 heteroatoms. The fourth-order valence-corrected chi connectivity index (χ4v) is 2.56. The molecular formula is C18H35NO. The molecule has 118 valence electrons. The molecule has 0 bridgehead atoms. The number of primary amides is 1. The van der Waals surface area contributed by atoms with Gasteiger partial charge in [-0.05, 0) is 32.6 Å². The van der Waals surface area contributed by atoms with Crippen molar-refractivity contribution < 1.29 is 4.79 Å². The number of hydrogen-bond donors (Lipinski definition) is 1. The van der Waals surface area contributed by atoms with E-state index in [-0.39, 0.29) is 5.91 Å². The molecule has 2 N–H and O–H groups in total. The van der Waals surface area contributed by atoms with Crippen molar-refractivity contribution in [2.24, 2.45) is 5.73 Å². The number of carbonyl (C=O) groups is 1. The van der Waals surface area contributed by atoms with Crippen LogP contribution in [-0.4, -0.2) is 5.91 Å². The number of hydrogen-bond acceptors (Lipinski definition) is 1. The van der Waals surface area contributed by atoms with E-state index in [4.69, 9.17) is 5.73 Å². The molecule has 2 nitrogen and oxygen atoms in total. The van der Waals surface area contributed by atoms with E-state index in [1.165, 1.54) is 69.8 Å². The van der Waals surface area contributed by atoms with Crippen LogP contribution < -0.4 is 5.73 Å². The van der Waals surface area contributed by atoms with Crippen LogP contribution in [0.4, 0.5) is 0 Å². The van der Waals surface area contributed by atoms with Gasteiger partial charge in [-0.1, -0.05) is 70.8 Å². The minimum Gasteiger partial charge on any atom is -0.366 e. The van der Waals surface area contributed by atoms with Gasteiger partial charge >= 0.3 is 0 Å². The fourth-order valence-electron chi connectivity index (χ4n) is 2.56. The van der Waals surface area contributed by atoms with Crippen LogP contribution in [0.3, 0.4) is 0 Å². The van der Waals surface area contributed by atoms with Crippen LogP contribution in [0.1, 0.15) is 97.8 Å². The summed E-state index contributed by atoms with van der Waals surface area (Å²) in [6.45, 7) is 6.37. The van der Waals surface area contributed by atoms with Crippen molar-refractivity contribution in [2.45, 2.75) is 97.8 Å². The molecule has 0 rings (SSSR count). The Balaban J connectivity index is 4.09. The minimum absolute atomic E-state index is 0.234. The average molecular weight is 281 g/mol. The van der Waals surface area contributed by atoms with E-state index >= 15 is 0 Å². The molecule has 0 heterocycles. The molecule has 0 aliphatic carbocycles. The maximum Gasteiger partial charge on any atom is 0.244 e. The zero-order chi connectivity index (χ0) is 15.2. The third-order valence-corrected chi connectivity index (χ3v) is 4.06. The highest BCUT2D eigenvalue weighted by Gasteiger charge is 2.07. The summed E-state index contributed by atoms with van der Waals surface area (Å²) in [5, 5.41) is 0. The van der Waals surface area contributed by atoms with E-state index in [2.05, 4.69) is 13.8 Å². The molecule has 0 aromatic rings. The van der Waals surface area contributed by atoms with Crippen molar-refractivity contribution in [1.82, 2.24) is 0 Å². The van der Waals surface area contributed by atoms with Gasteiger partial charge in [0, 0.05) is 5.57 Å². The van der Waals surface area contributed by atoms with E-state index in [9.17, 15) is 4.79 Å². The van der Waals surface area contributed by atoms with Crippen molar-refractivity contribution in [3.8, 4) is 0 Å². The first-order valence-corrected chi connectivity index (χ1v) is 8.61. The number of rotatable bonds is 13. The maximum atomic E-state index is 11.4. The smallest absolute Gasteiger partial charge is 0.244 e. The quantitative estimate of drug-likeness (QED) is 0.351. The van der Waals surface area contributed by atoms with Crippen molar-refractivity contribution >= 4 is 5.91 Å². The summed E-state index contributed by atoms with van der Waals surface area (Å²) in [6, 6.07) is 0. The molecule has 0 aliphatic rings. The summed E-state index contributed by atoms with van der Waals surface area (Å²) in [4.78, 5) is 11.4. The maximum absolute atomic E-state index is 11.4. The Hall–Kier alpha value is -0.790. The molecule has 0 unspecified atom stereocenters. The SMILES string of the molecule is CCCCCCCC(CCCCCCC)=C(C)C(N)=O. The Kier molecular flexibility index (Phi) is 12.7. The summed E-state index contributed by atoms with van der Waals surface area (Å²) >= 11 is 0. The van der Waals surface area contributed by atoms with Gasteiger partial charge in [0.05, 0.1) is 0 Å². The lowest BCUT2D eigenvalue weighted by molar-refractivity contribution is -0.114. The Bertz CT molecular complexity index is 265. The van der Waals surface area contributed by atoms with Crippen molar-refractivity contribution in [3.63, 3.8) is 0 Å². The van der Waals surface area contributed by atoms with Gasteiger partial charge in [-0.2, -0.15) is 0 Å². The first kappa shape index (κ1) is 19.2. The van der Waals surface area contributed by atoms with Gasteiger partial charge < -0.3 is 5.73 Å². The molecule has 0 radical (unpaired) electrons. The lowest BCUT2D eigenvalue weighted by Gasteiger charge is -2.11.